The van der Waals surface area contributed by atoms with Gasteiger partial charge in [-0.25, -0.2) is 0 Å². The smallest absolute Gasteiger partial charge is 0.262 e. The van der Waals surface area contributed by atoms with Crippen molar-refractivity contribution in [3.05, 3.63) is 40.0 Å². The van der Waals surface area contributed by atoms with Gasteiger partial charge in [-0.1, -0.05) is 46.4 Å². The van der Waals surface area contributed by atoms with Crippen molar-refractivity contribution in [1.29, 1.82) is 0 Å². The fraction of sp³-hybridized carbons (Fsp3) is 0.200. The number of rotatable bonds is 4. The lowest BCUT2D eigenvalue weighted by molar-refractivity contribution is 0.357. The van der Waals surface area contributed by atoms with Gasteiger partial charge in [0.1, 0.15) is 0 Å². The molecule has 15 heavy (non-hydrogen) atoms. The van der Waals surface area contributed by atoms with Gasteiger partial charge in [0, 0.05) is 0 Å². The van der Waals surface area contributed by atoms with E-state index in [9.17, 15) is 8.42 Å². The second kappa shape index (κ2) is 5.62. The Morgan fingerprint density at radius 3 is 2.47 bits per heavy atom. The van der Waals surface area contributed by atoms with Crippen molar-refractivity contribution in [2.24, 2.45) is 0 Å². The molecule has 0 saturated heterocycles. The van der Waals surface area contributed by atoms with Crippen molar-refractivity contribution >= 4 is 32.7 Å². The number of hydrogen-bond acceptors (Lipinski definition) is 3. The lowest BCUT2D eigenvalue weighted by atomic mass is 10.2. The van der Waals surface area contributed by atoms with Crippen molar-refractivity contribution in [3.63, 3.8) is 0 Å². The Kier molecular flexibility index (Phi) is 4.75. The summed E-state index contributed by atoms with van der Waals surface area (Å²) in [5.41, 5.74) is 1.01. The Labute approximate surface area is 103 Å². The number of benzene rings is 1. The lowest BCUT2D eigenvalue weighted by Gasteiger charge is -2.03. The quantitative estimate of drug-likeness (QED) is 0.626. The van der Waals surface area contributed by atoms with Crippen LogP contribution in [0.4, 0.5) is 0 Å². The molecule has 3 nitrogen and oxygen atoms in total. The standard InChI is InChI=1S/C10H11IO3S/c1-9-3-5-10(6-4-9)15(12,13)14-8-2-7-11/h2-7H,8H2,1H3/b7-2+. The molecule has 5 heteroatoms. The maximum atomic E-state index is 11.6. The van der Waals surface area contributed by atoms with E-state index in [2.05, 4.69) is 0 Å². The van der Waals surface area contributed by atoms with Crippen molar-refractivity contribution in [2.45, 2.75) is 11.8 Å². The Morgan fingerprint density at radius 1 is 1.33 bits per heavy atom. The van der Waals surface area contributed by atoms with Gasteiger partial charge in [0.05, 0.1) is 11.5 Å². The van der Waals surface area contributed by atoms with Crippen molar-refractivity contribution < 1.29 is 12.6 Å². The van der Waals surface area contributed by atoms with Crippen LogP contribution in [0.5, 0.6) is 0 Å². The van der Waals surface area contributed by atoms with E-state index in [-0.39, 0.29) is 11.5 Å². The molecule has 0 aromatic heterocycles. The lowest BCUT2D eigenvalue weighted by Crippen LogP contribution is -2.06. The van der Waals surface area contributed by atoms with Crippen LogP contribution in [-0.2, 0) is 14.3 Å². The van der Waals surface area contributed by atoms with Gasteiger partial charge in [-0.2, -0.15) is 8.42 Å². The Hall–Kier alpha value is -0.400. The largest absolute Gasteiger partial charge is 0.297 e. The number of halogens is 1. The fourth-order valence-corrected chi connectivity index (χ4v) is 2.01. The van der Waals surface area contributed by atoms with Gasteiger partial charge >= 0.3 is 0 Å². The summed E-state index contributed by atoms with van der Waals surface area (Å²) in [6.45, 7) is 1.97. The van der Waals surface area contributed by atoms with E-state index in [0.29, 0.717) is 0 Å². The van der Waals surface area contributed by atoms with Gasteiger partial charge in [-0.3, -0.25) is 4.18 Å². The zero-order valence-corrected chi connectivity index (χ0v) is 11.2. The highest BCUT2D eigenvalue weighted by molar-refractivity contribution is 14.1. The number of hydrogen-bond donors (Lipinski definition) is 0. The zero-order chi connectivity index (χ0) is 11.3. The van der Waals surface area contributed by atoms with Gasteiger partial charge in [-0.05, 0) is 23.1 Å². The first-order valence-electron chi connectivity index (χ1n) is 4.27. The Bertz CT molecular complexity index is 434. The first-order chi connectivity index (χ1) is 7.06. The zero-order valence-electron chi connectivity index (χ0n) is 8.18. The minimum atomic E-state index is -3.60. The van der Waals surface area contributed by atoms with Gasteiger partial charge in [0.25, 0.3) is 10.1 Å². The van der Waals surface area contributed by atoms with Crippen molar-refractivity contribution in [3.8, 4) is 0 Å². The molecule has 0 spiro atoms. The highest BCUT2D eigenvalue weighted by atomic mass is 127. The van der Waals surface area contributed by atoms with Crippen molar-refractivity contribution in [2.75, 3.05) is 6.61 Å². The summed E-state index contributed by atoms with van der Waals surface area (Å²) in [7, 11) is -3.60. The molecule has 1 aromatic carbocycles. The molecule has 1 rings (SSSR count). The molecule has 0 unspecified atom stereocenters. The fourth-order valence-electron chi connectivity index (χ4n) is 0.938. The monoisotopic (exact) mass is 338 g/mol. The van der Waals surface area contributed by atoms with Crippen LogP contribution in [0.15, 0.2) is 39.3 Å². The molecule has 82 valence electrons. The first-order valence-corrected chi connectivity index (χ1v) is 6.93. The molecular weight excluding hydrogens is 327 g/mol. The average Bonchev–Trinajstić information content (AvgIpc) is 2.18. The molecule has 0 heterocycles. The Morgan fingerprint density at radius 2 is 1.93 bits per heavy atom. The minimum absolute atomic E-state index is 0.0686. The van der Waals surface area contributed by atoms with Crippen LogP contribution in [0.3, 0.4) is 0 Å². The molecule has 0 fully saturated rings. The first kappa shape index (κ1) is 12.7. The summed E-state index contributed by atoms with van der Waals surface area (Å²) >= 11 is 2.00. The molecule has 0 aliphatic heterocycles. The topological polar surface area (TPSA) is 43.4 Å². The summed E-state index contributed by atoms with van der Waals surface area (Å²) < 4.78 is 29.6. The third-order valence-corrected chi connectivity index (χ3v) is 3.52. The third-order valence-electron chi connectivity index (χ3n) is 1.72. The minimum Gasteiger partial charge on any atom is -0.262 e. The van der Waals surface area contributed by atoms with Crippen LogP contribution < -0.4 is 0 Å². The van der Waals surface area contributed by atoms with E-state index in [4.69, 9.17) is 4.18 Å². The van der Waals surface area contributed by atoms with Gasteiger partial charge in [0.15, 0.2) is 0 Å². The predicted octanol–water partition coefficient (Wildman–Crippen LogP) is 2.65. The second-order valence-corrected chi connectivity index (χ2v) is 5.25. The van der Waals surface area contributed by atoms with E-state index in [1.54, 1.807) is 34.4 Å². The van der Waals surface area contributed by atoms with Gasteiger partial charge < -0.3 is 0 Å². The summed E-state index contributed by atoms with van der Waals surface area (Å²) in [6.07, 6.45) is 1.63. The van der Waals surface area contributed by atoms with E-state index in [0.717, 1.165) is 5.56 Å². The van der Waals surface area contributed by atoms with E-state index < -0.39 is 10.1 Å². The van der Waals surface area contributed by atoms with Crippen LogP contribution in [0.1, 0.15) is 5.56 Å². The normalized spacial score (nSPS) is 12.1. The molecule has 0 atom stereocenters. The van der Waals surface area contributed by atoms with E-state index in [1.807, 2.05) is 29.5 Å². The van der Waals surface area contributed by atoms with Crippen LogP contribution >= 0.6 is 22.6 Å². The molecule has 0 aliphatic carbocycles. The highest BCUT2D eigenvalue weighted by Gasteiger charge is 2.13. The SMILES string of the molecule is Cc1ccc(S(=O)(=O)OC/C=C/I)cc1. The summed E-state index contributed by atoms with van der Waals surface area (Å²) in [5, 5.41) is 0. The Balaban J connectivity index is 2.82. The predicted molar refractivity (Wildman–Crippen MR) is 67.5 cm³/mol. The molecule has 0 saturated carbocycles. The number of aryl methyl sites for hydroxylation is 1. The van der Waals surface area contributed by atoms with Crippen molar-refractivity contribution in [1.82, 2.24) is 0 Å². The molecule has 0 bridgehead atoms. The molecular formula is C10H11IO3S. The van der Waals surface area contributed by atoms with Crippen LogP contribution in [-0.4, -0.2) is 15.0 Å². The summed E-state index contributed by atoms with van der Waals surface area (Å²) in [5.74, 6) is 0. The molecule has 1 aromatic rings. The average molecular weight is 338 g/mol. The summed E-state index contributed by atoms with van der Waals surface area (Å²) in [6, 6.07) is 6.56. The molecule has 0 aliphatic rings. The van der Waals surface area contributed by atoms with Crippen LogP contribution in [0.2, 0.25) is 0 Å². The second-order valence-electron chi connectivity index (χ2n) is 2.91. The van der Waals surface area contributed by atoms with E-state index >= 15 is 0 Å². The van der Waals surface area contributed by atoms with E-state index in [1.165, 1.54) is 0 Å². The maximum Gasteiger partial charge on any atom is 0.297 e. The van der Waals surface area contributed by atoms with Crippen LogP contribution in [0, 0.1) is 6.92 Å². The molecule has 0 radical (unpaired) electrons. The van der Waals surface area contributed by atoms with Gasteiger partial charge in [0.2, 0.25) is 0 Å². The highest BCUT2D eigenvalue weighted by Crippen LogP contribution is 2.12. The van der Waals surface area contributed by atoms with Crippen LogP contribution in [0.25, 0.3) is 0 Å². The third kappa shape index (κ3) is 3.92. The molecule has 0 N–H and O–H groups in total. The summed E-state index contributed by atoms with van der Waals surface area (Å²) in [4.78, 5) is 0.190. The van der Waals surface area contributed by atoms with Gasteiger partial charge in [-0.15, -0.1) is 0 Å². The molecule has 0 amide bonds. The maximum absolute atomic E-state index is 11.6.